The number of halogens is 1. The van der Waals surface area contributed by atoms with Crippen molar-refractivity contribution in [1.29, 1.82) is 0 Å². The van der Waals surface area contributed by atoms with Crippen LogP contribution < -0.4 is 9.64 Å². The zero-order valence-electron chi connectivity index (χ0n) is 22.4. The molecule has 0 saturated carbocycles. The molecule has 41 heavy (non-hydrogen) atoms. The molecule has 1 amide bonds. The second-order valence-corrected chi connectivity index (χ2v) is 11.6. The van der Waals surface area contributed by atoms with Gasteiger partial charge in [0.05, 0.1) is 24.4 Å². The van der Waals surface area contributed by atoms with Gasteiger partial charge >= 0.3 is 11.9 Å². The Labute approximate surface area is 254 Å². The highest BCUT2D eigenvalue weighted by Crippen LogP contribution is 2.44. The summed E-state index contributed by atoms with van der Waals surface area (Å²) in [5.41, 5.74) is 3.45. The summed E-state index contributed by atoms with van der Waals surface area (Å²) in [5.74, 6) is -2.01. The maximum atomic E-state index is 13.4. The van der Waals surface area contributed by atoms with Crippen LogP contribution in [0.15, 0.2) is 78.4 Å². The Bertz CT molecular complexity index is 1680. The van der Waals surface area contributed by atoms with Crippen LogP contribution in [0.3, 0.4) is 0 Å². The van der Waals surface area contributed by atoms with Gasteiger partial charge in [-0.25, -0.2) is 9.78 Å². The van der Waals surface area contributed by atoms with Gasteiger partial charge in [-0.3, -0.25) is 14.5 Å². The summed E-state index contributed by atoms with van der Waals surface area (Å²) in [6.07, 6.45) is 0. The molecule has 5 rings (SSSR count). The van der Waals surface area contributed by atoms with Gasteiger partial charge < -0.3 is 14.6 Å². The molecule has 1 aliphatic rings. The summed E-state index contributed by atoms with van der Waals surface area (Å²) in [6.45, 7) is 4.03. The molecule has 1 N–H and O–H groups in total. The molecule has 1 aromatic heterocycles. The second-order valence-electron chi connectivity index (χ2n) is 9.36. The Morgan fingerprint density at radius 2 is 1.71 bits per heavy atom. The number of aromatic nitrogens is 1. The van der Waals surface area contributed by atoms with Gasteiger partial charge in [0.1, 0.15) is 23.0 Å². The van der Waals surface area contributed by atoms with E-state index in [0.29, 0.717) is 29.2 Å². The maximum absolute atomic E-state index is 13.4. The molecule has 0 bridgehead atoms. The summed E-state index contributed by atoms with van der Waals surface area (Å²) in [4.78, 5) is 45.0. The fraction of sp³-hybridized carbons (Fsp3) is 0.161. The number of methoxy groups -OCH3 is 1. The Morgan fingerprint density at radius 3 is 2.37 bits per heavy atom. The van der Waals surface area contributed by atoms with Crippen molar-refractivity contribution in [3.05, 3.63) is 115 Å². The van der Waals surface area contributed by atoms with Crippen molar-refractivity contribution < 1.29 is 29.0 Å². The Hall–Kier alpha value is -4.03. The number of anilines is 1. The summed E-state index contributed by atoms with van der Waals surface area (Å²) in [5, 5.41) is 11.6. The molecule has 0 spiro atoms. The molecule has 208 valence electrons. The maximum Gasteiger partial charge on any atom is 0.350 e. The lowest BCUT2D eigenvalue weighted by molar-refractivity contribution is -0.132. The van der Waals surface area contributed by atoms with Gasteiger partial charge in [-0.1, -0.05) is 47.7 Å². The van der Waals surface area contributed by atoms with Crippen molar-refractivity contribution in [3.63, 3.8) is 0 Å². The third-order valence-corrected chi connectivity index (χ3v) is 8.63. The van der Waals surface area contributed by atoms with Crippen LogP contribution in [0.2, 0.25) is 0 Å². The minimum atomic E-state index is -0.958. The molecule has 1 atom stereocenters. The van der Waals surface area contributed by atoms with E-state index in [2.05, 4.69) is 27.6 Å². The van der Waals surface area contributed by atoms with Crippen LogP contribution in [-0.4, -0.2) is 34.9 Å². The number of hydrogen-bond acceptors (Lipinski definition) is 8. The number of benzene rings is 3. The lowest BCUT2D eigenvalue weighted by Gasteiger charge is -2.23. The van der Waals surface area contributed by atoms with Gasteiger partial charge in [-0.05, 0) is 89.5 Å². The van der Waals surface area contributed by atoms with Crippen LogP contribution >= 0.6 is 33.9 Å². The number of rotatable bonds is 7. The number of ketones is 1. The highest BCUT2D eigenvalue weighted by atomic mass is 127. The van der Waals surface area contributed by atoms with Gasteiger partial charge in [0.2, 0.25) is 0 Å². The highest BCUT2D eigenvalue weighted by Gasteiger charge is 2.48. The number of Topliss-reactive ketones (excluding diaryl/α,β-unsaturated/α-hetero) is 1. The van der Waals surface area contributed by atoms with Crippen LogP contribution in [0.5, 0.6) is 5.75 Å². The van der Waals surface area contributed by atoms with Crippen LogP contribution in [0, 0.1) is 17.4 Å². The van der Waals surface area contributed by atoms with Gasteiger partial charge in [-0.15, -0.1) is 0 Å². The largest absolute Gasteiger partial charge is 0.507 e. The number of amides is 1. The van der Waals surface area contributed by atoms with Gasteiger partial charge in [0.15, 0.2) is 5.13 Å². The quantitative estimate of drug-likeness (QED) is 0.0797. The number of aryl methyl sites for hydroxylation is 2. The molecule has 1 aliphatic heterocycles. The molecule has 10 heteroatoms. The number of aliphatic hydroxyl groups excluding tert-OH is 1. The van der Waals surface area contributed by atoms with Crippen LogP contribution in [0.25, 0.3) is 5.76 Å². The van der Waals surface area contributed by atoms with Crippen molar-refractivity contribution in [3.8, 4) is 5.75 Å². The first-order valence-corrected chi connectivity index (χ1v) is 14.5. The zero-order chi connectivity index (χ0) is 29.3. The fourth-order valence-corrected chi connectivity index (χ4v) is 5.93. The number of hydrogen-bond donors (Lipinski definition) is 1. The summed E-state index contributed by atoms with van der Waals surface area (Å²) >= 11 is 3.12. The molecular weight excluding hydrogens is 655 g/mol. The van der Waals surface area contributed by atoms with E-state index < -0.39 is 23.7 Å². The number of ether oxygens (including phenoxy) is 2. The van der Waals surface area contributed by atoms with Crippen molar-refractivity contribution >= 4 is 62.5 Å². The van der Waals surface area contributed by atoms with E-state index in [-0.39, 0.29) is 21.3 Å². The predicted octanol–water partition coefficient (Wildman–Crippen LogP) is 6.36. The first kappa shape index (κ1) is 28.5. The lowest BCUT2D eigenvalue weighted by Crippen LogP contribution is -2.29. The summed E-state index contributed by atoms with van der Waals surface area (Å²) in [7, 11) is 1.26. The van der Waals surface area contributed by atoms with E-state index in [9.17, 15) is 19.5 Å². The van der Waals surface area contributed by atoms with Gasteiger partial charge in [-0.2, -0.15) is 0 Å². The predicted molar refractivity (Wildman–Crippen MR) is 164 cm³/mol. The van der Waals surface area contributed by atoms with Crippen molar-refractivity contribution in [2.75, 3.05) is 12.0 Å². The monoisotopic (exact) mass is 680 g/mol. The molecule has 1 unspecified atom stereocenters. The lowest BCUT2D eigenvalue weighted by atomic mass is 9.95. The van der Waals surface area contributed by atoms with E-state index in [1.807, 2.05) is 43.3 Å². The van der Waals surface area contributed by atoms with Crippen molar-refractivity contribution in [2.24, 2.45) is 0 Å². The number of thiazole rings is 1. The fourth-order valence-electron chi connectivity index (χ4n) is 4.56. The van der Waals surface area contributed by atoms with E-state index >= 15 is 0 Å². The molecule has 3 aromatic carbocycles. The number of carbonyl (C=O) groups excluding carboxylic acids is 3. The molecule has 1 fully saturated rings. The van der Waals surface area contributed by atoms with Crippen molar-refractivity contribution in [1.82, 2.24) is 4.98 Å². The van der Waals surface area contributed by atoms with E-state index in [4.69, 9.17) is 9.47 Å². The van der Waals surface area contributed by atoms with E-state index in [0.717, 1.165) is 26.0 Å². The zero-order valence-corrected chi connectivity index (χ0v) is 25.4. The summed E-state index contributed by atoms with van der Waals surface area (Å²) in [6, 6.07) is 21.0. The van der Waals surface area contributed by atoms with Crippen LogP contribution in [0.4, 0.5) is 5.13 Å². The number of aliphatic hydroxyl groups is 1. The molecule has 0 radical (unpaired) electrons. The Morgan fingerprint density at radius 1 is 1.02 bits per heavy atom. The Balaban J connectivity index is 1.53. The van der Waals surface area contributed by atoms with Crippen LogP contribution in [0.1, 0.15) is 43.7 Å². The Kier molecular flexibility index (Phi) is 8.22. The topological polar surface area (TPSA) is 106 Å². The van der Waals surface area contributed by atoms with E-state index in [1.54, 1.807) is 43.3 Å². The highest BCUT2D eigenvalue weighted by molar-refractivity contribution is 14.1. The SMILES string of the molecule is COC(=O)c1sc(N2C(=O)C(=O)/C(=C(/O)c3ccc(OCc4ccccc4C)cc3)C2c2ccc(I)cc2)nc1C. The van der Waals surface area contributed by atoms with Crippen LogP contribution in [-0.2, 0) is 20.9 Å². The molecule has 4 aromatic rings. The van der Waals surface area contributed by atoms with Gasteiger partial charge in [0.25, 0.3) is 5.78 Å². The molecule has 0 aliphatic carbocycles. The van der Waals surface area contributed by atoms with E-state index in [1.165, 1.54) is 12.0 Å². The standard InChI is InChI=1S/C31H25IN2O6S/c1-17-6-4-5-7-21(17)16-40-23-14-10-20(11-15-23)26(35)24-25(19-8-12-22(32)13-9-19)34(29(37)27(24)36)31-33-18(2)28(41-31)30(38)39-3/h4-15,25,35H,16H2,1-3H3/b26-24+. The normalized spacial score (nSPS) is 16.2. The smallest absolute Gasteiger partial charge is 0.350 e. The third-order valence-electron chi connectivity index (χ3n) is 6.78. The average molecular weight is 681 g/mol. The number of nitrogens with zero attached hydrogens (tertiary/aromatic N) is 2. The first-order chi connectivity index (χ1) is 19.7. The minimum Gasteiger partial charge on any atom is -0.507 e. The van der Waals surface area contributed by atoms with Crippen molar-refractivity contribution in [2.45, 2.75) is 26.5 Å². The average Bonchev–Trinajstić information content (AvgIpc) is 3.48. The molecule has 2 heterocycles. The number of esters is 1. The first-order valence-electron chi connectivity index (χ1n) is 12.6. The van der Waals surface area contributed by atoms with Gasteiger partial charge in [0, 0.05) is 9.13 Å². The third kappa shape index (κ3) is 5.62. The molecular formula is C31H25IN2O6S. The molecule has 8 nitrogen and oxygen atoms in total. The minimum absolute atomic E-state index is 0.0720. The second kappa shape index (κ2) is 11.8. The number of carbonyl (C=O) groups is 3. The summed E-state index contributed by atoms with van der Waals surface area (Å²) < 4.78 is 11.7. The molecule has 1 saturated heterocycles.